The van der Waals surface area contributed by atoms with Gasteiger partial charge in [0.1, 0.15) is 0 Å². The second-order valence-corrected chi connectivity index (χ2v) is 4.38. The summed E-state index contributed by atoms with van der Waals surface area (Å²) in [5.74, 6) is 0. The molecule has 0 radical (unpaired) electrons. The van der Waals surface area contributed by atoms with Gasteiger partial charge in [0.25, 0.3) is 0 Å². The van der Waals surface area contributed by atoms with Crippen LogP contribution in [0.25, 0.3) is 0 Å². The largest absolute Gasteiger partial charge is 0.317 e. The molecule has 0 saturated heterocycles. The Morgan fingerprint density at radius 3 is 2.50 bits per heavy atom. The summed E-state index contributed by atoms with van der Waals surface area (Å²) >= 11 is 0. The van der Waals surface area contributed by atoms with Crippen LogP contribution < -0.4 is 5.32 Å². The summed E-state index contributed by atoms with van der Waals surface area (Å²) in [4.78, 5) is 0. The minimum absolute atomic E-state index is 0.610. The first kappa shape index (κ1) is 13.0. The van der Waals surface area contributed by atoms with Gasteiger partial charge in [-0.05, 0) is 45.2 Å². The predicted molar refractivity (Wildman–Crippen MR) is 71.8 cm³/mol. The zero-order chi connectivity index (χ0) is 11.8. The van der Waals surface area contributed by atoms with E-state index in [4.69, 9.17) is 0 Å². The number of allylic oxidation sites excluding steroid dienone is 1. The third kappa shape index (κ3) is 4.63. The lowest BCUT2D eigenvalue weighted by Gasteiger charge is -2.15. The average Bonchev–Trinajstić information content (AvgIpc) is 2.32. The van der Waals surface area contributed by atoms with Gasteiger partial charge in [0.05, 0.1) is 0 Å². The number of hydrogen-bond acceptors (Lipinski definition) is 1. The number of hydrogen-bond donors (Lipinski definition) is 1. The van der Waals surface area contributed by atoms with E-state index in [-0.39, 0.29) is 0 Å². The fraction of sp³-hybridized carbons (Fsp3) is 0.467. The quantitative estimate of drug-likeness (QED) is 0.689. The molecule has 16 heavy (non-hydrogen) atoms. The number of rotatable bonds is 7. The van der Waals surface area contributed by atoms with Crippen molar-refractivity contribution in [3.63, 3.8) is 0 Å². The van der Waals surface area contributed by atoms with Gasteiger partial charge in [0, 0.05) is 6.04 Å². The molecule has 0 fully saturated rings. The van der Waals surface area contributed by atoms with Crippen LogP contribution in [0.2, 0.25) is 0 Å². The molecule has 88 valence electrons. The van der Waals surface area contributed by atoms with Crippen molar-refractivity contribution in [3.05, 3.63) is 48.0 Å². The Hall–Kier alpha value is -1.08. The van der Waals surface area contributed by atoms with Crippen LogP contribution in [0.4, 0.5) is 0 Å². The molecule has 1 unspecified atom stereocenters. The monoisotopic (exact) mass is 217 g/mol. The number of benzene rings is 1. The maximum atomic E-state index is 3.77. The molecule has 0 bridgehead atoms. The standard InChI is InChI=1S/C15H23N/c1-4-5-6-15(16-3)12-11-14-9-7-13(2)8-10-14/h4,7-10,15-16H,1,5-6,11-12H2,2-3H3. The van der Waals surface area contributed by atoms with Gasteiger partial charge in [-0.15, -0.1) is 6.58 Å². The average molecular weight is 217 g/mol. The maximum Gasteiger partial charge on any atom is 0.00701 e. The van der Waals surface area contributed by atoms with E-state index in [1.807, 2.05) is 13.1 Å². The van der Waals surface area contributed by atoms with Crippen molar-refractivity contribution >= 4 is 0 Å². The van der Waals surface area contributed by atoms with Gasteiger partial charge in [0.2, 0.25) is 0 Å². The summed E-state index contributed by atoms with van der Waals surface area (Å²) in [7, 11) is 2.04. The molecule has 1 heteroatoms. The maximum absolute atomic E-state index is 3.77. The van der Waals surface area contributed by atoms with E-state index < -0.39 is 0 Å². The van der Waals surface area contributed by atoms with Gasteiger partial charge < -0.3 is 5.32 Å². The molecule has 1 atom stereocenters. The van der Waals surface area contributed by atoms with Crippen molar-refractivity contribution in [2.24, 2.45) is 0 Å². The molecule has 0 saturated carbocycles. The first-order chi connectivity index (χ1) is 7.76. The summed E-state index contributed by atoms with van der Waals surface area (Å²) in [6, 6.07) is 9.45. The summed E-state index contributed by atoms with van der Waals surface area (Å²) in [5.41, 5.74) is 2.77. The van der Waals surface area contributed by atoms with Gasteiger partial charge in [0.15, 0.2) is 0 Å². The number of aryl methyl sites for hydroxylation is 2. The molecule has 1 aromatic rings. The van der Waals surface area contributed by atoms with Gasteiger partial charge in [-0.1, -0.05) is 35.9 Å². The molecule has 0 spiro atoms. The zero-order valence-corrected chi connectivity index (χ0v) is 10.5. The minimum Gasteiger partial charge on any atom is -0.317 e. The highest BCUT2D eigenvalue weighted by molar-refractivity contribution is 5.21. The Morgan fingerprint density at radius 1 is 1.25 bits per heavy atom. The molecular weight excluding hydrogens is 194 g/mol. The molecule has 1 aromatic carbocycles. The fourth-order valence-electron chi connectivity index (χ4n) is 1.85. The first-order valence-electron chi connectivity index (χ1n) is 6.10. The fourth-order valence-corrected chi connectivity index (χ4v) is 1.85. The third-order valence-corrected chi connectivity index (χ3v) is 3.03. The van der Waals surface area contributed by atoms with Crippen LogP contribution in [-0.2, 0) is 6.42 Å². The van der Waals surface area contributed by atoms with E-state index in [0.29, 0.717) is 6.04 Å². The molecule has 0 heterocycles. The van der Waals surface area contributed by atoms with Crippen LogP contribution in [-0.4, -0.2) is 13.1 Å². The van der Waals surface area contributed by atoms with E-state index in [9.17, 15) is 0 Å². The second-order valence-electron chi connectivity index (χ2n) is 4.38. The third-order valence-electron chi connectivity index (χ3n) is 3.03. The Morgan fingerprint density at radius 2 is 1.94 bits per heavy atom. The van der Waals surface area contributed by atoms with Crippen LogP contribution in [0.1, 0.15) is 30.4 Å². The number of nitrogens with one attached hydrogen (secondary N) is 1. The summed E-state index contributed by atoms with van der Waals surface area (Å²) in [6.07, 6.45) is 6.64. The van der Waals surface area contributed by atoms with Crippen LogP contribution in [0.15, 0.2) is 36.9 Å². The van der Waals surface area contributed by atoms with Crippen LogP contribution in [0.5, 0.6) is 0 Å². The van der Waals surface area contributed by atoms with Crippen LogP contribution in [0, 0.1) is 6.92 Å². The van der Waals surface area contributed by atoms with Crippen molar-refractivity contribution in [2.45, 2.75) is 38.6 Å². The normalized spacial score (nSPS) is 12.4. The van der Waals surface area contributed by atoms with Gasteiger partial charge in [-0.25, -0.2) is 0 Å². The smallest absolute Gasteiger partial charge is 0.00701 e. The van der Waals surface area contributed by atoms with Crippen LogP contribution >= 0.6 is 0 Å². The Bertz CT molecular complexity index is 300. The summed E-state index contributed by atoms with van der Waals surface area (Å²) in [6.45, 7) is 5.90. The van der Waals surface area contributed by atoms with Gasteiger partial charge in [-0.2, -0.15) is 0 Å². The highest BCUT2D eigenvalue weighted by Crippen LogP contribution is 2.10. The molecule has 1 N–H and O–H groups in total. The lowest BCUT2D eigenvalue weighted by molar-refractivity contribution is 0.493. The van der Waals surface area contributed by atoms with Crippen molar-refractivity contribution in [2.75, 3.05) is 7.05 Å². The van der Waals surface area contributed by atoms with Gasteiger partial charge in [-0.3, -0.25) is 0 Å². The topological polar surface area (TPSA) is 12.0 Å². The molecule has 0 amide bonds. The zero-order valence-electron chi connectivity index (χ0n) is 10.5. The summed E-state index contributed by atoms with van der Waals surface area (Å²) in [5, 5.41) is 3.37. The van der Waals surface area contributed by atoms with E-state index >= 15 is 0 Å². The van der Waals surface area contributed by atoms with Crippen molar-refractivity contribution < 1.29 is 0 Å². The van der Waals surface area contributed by atoms with E-state index in [1.165, 1.54) is 24.0 Å². The van der Waals surface area contributed by atoms with Crippen molar-refractivity contribution in [1.82, 2.24) is 5.32 Å². The molecule has 0 aromatic heterocycles. The highest BCUT2D eigenvalue weighted by atomic mass is 14.9. The molecule has 0 aliphatic heterocycles. The SMILES string of the molecule is C=CCCC(CCc1ccc(C)cc1)NC. The Kier molecular flexibility index (Phi) is 5.87. The molecule has 0 aliphatic rings. The highest BCUT2D eigenvalue weighted by Gasteiger charge is 2.04. The molecule has 1 nitrogen and oxygen atoms in total. The predicted octanol–water partition coefficient (Wildman–Crippen LogP) is 3.48. The van der Waals surface area contributed by atoms with Gasteiger partial charge >= 0.3 is 0 Å². The van der Waals surface area contributed by atoms with E-state index in [1.54, 1.807) is 0 Å². The lowest BCUT2D eigenvalue weighted by atomic mass is 10.0. The lowest BCUT2D eigenvalue weighted by Crippen LogP contribution is -2.25. The first-order valence-corrected chi connectivity index (χ1v) is 6.10. The molecule has 0 aliphatic carbocycles. The second kappa shape index (κ2) is 7.24. The minimum atomic E-state index is 0.610. The summed E-state index contributed by atoms with van der Waals surface area (Å²) < 4.78 is 0. The Labute approximate surface area is 99.6 Å². The van der Waals surface area contributed by atoms with E-state index in [0.717, 1.165) is 12.8 Å². The Balaban J connectivity index is 2.36. The van der Waals surface area contributed by atoms with Crippen molar-refractivity contribution in [1.29, 1.82) is 0 Å². The molecular formula is C15H23N. The van der Waals surface area contributed by atoms with Crippen molar-refractivity contribution in [3.8, 4) is 0 Å². The van der Waals surface area contributed by atoms with Crippen LogP contribution in [0.3, 0.4) is 0 Å². The van der Waals surface area contributed by atoms with E-state index in [2.05, 4.69) is 43.1 Å². The molecule has 1 rings (SSSR count).